The van der Waals surface area contributed by atoms with Crippen LogP contribution in [0.15, 0.2) is 48.7 Å². The molecule has 1 aromatic carbocycles. The highest BCUT2D eigenvalue weighted by Crippen LogP contribution is 2.22. The summed E-state index contributed by atoms with van der Waals surface area (Å²) in [6.45, 7) is 6.04. The summed E-state index contributed by atoms with van der Waals surface area (Å²) in [7, 11) is 0. The predicted octanol–water partition coefficient (Wildman–Crippen LogP) is 3.31. The van der Waals surface area contributed by atoms with Gasteiger partial charge in [0.05, 0.1) is 5.52 Å². The zero-order chi connectivity index (χ0) is 20.4. The Bertz CT molecular complexity index is 1050. The van der Waals surface area contributed by atoms with Crippen molar-refractivity contribution in [2.45, 2.75) is 33.2 Å². The highest BCUT2D eigenvalue weighted by atomic mass is 16.2. The van der Waals surface area contributed by atoms with Gasteiger partial charge in [0.25, 0.3) is 11.8 Å². The molecular weight excluding hydrogens is 364 g/mol. The first-order valence-corrected chi connectivity index (χ1v) is 10.2. The standard InChI is InChI=1S/C23H26N4O2/c1-16(2)10-12-24-22(28)21-25-20(19-9-5-6-13-27(19)21)23(29)26-14-11-17-7-3-4-8-18(17)15-26/h3-9,13,16H,10-12,14-15H2,1-2H3,(H,24,28). The van der Waals surface area contributed by atoms with Crippen molar-refractivity contribution in [3.05, 3.63) is 71.3 Å². The third-order valence-corrected chi connectivity index (χ3v) is 5.38. The number of rotatable bonds is 5. The predicted molar refractivity (Wildman–Crippen MR) is 112 cm³/mol. The van der Waals surface area contributed by atoms with Gasteiger partial charge in [0, 0.05) is 25.8 Å². The SMILES string of the molecule is CC(C)CCNC(=O)c1nc(C(=O)N2CCc3ccccc3C2)c2ccccn12. The molecule has 1 aliphatic rings. The molecule has 0 unspecified atom stereocenters. The third-order valence-electron chi connectivity index (χ3n) is 5.38. The average Bonchev–Trinajstić information content (AvgIpc) is 3.12. The lowest BCUT2D eigenvalue weighted by Crippen LogP contribution is -2.36. The smallest absolute Gasteiger partial charge is 0.287 e. The first-order chi connectivity index (χ1) is 14.0. The van der Waals surface area contributed by atoms with E-state index in [4.69, 9.17) is 0 Å². The Hall–Kier alpha value is -3.15. The number of fused-ring (bicyclic) bond motifs is 2. The van der Waals surface area contributed by atoms with Crippen LogP contribution in [-0.4, -0.2) is 39.2 Å². The first kappa shape index (κ1) is 19.2. The molecule has 4 rings (SSSR count). The maximum atomic E-state index is 13.3. The van der Waals surface area contributed by atoms with Crippen LogP contribution in [0.3, 0.4) is 0 Å². The number of amides is 2. The van der Waals surface area contributed by atoms with Crippen LogP contribution in [0.1, 0.15) is 52.5 Å². The van der Waals surface area contributed by atoms with Crippen LogP contribution in [0, 0.1) is 5.92 Å². The molecule has 2 amide bonds. The molecule has 3 aromatic rings. The summed E-state index contributed by atoms with van der Waals surface area (Å²) in [5.41, 5.74) is 3.45. The fourth-order valence-corrected chi connectivity index (χ4v) is 3.73. The van der Waals surface area contributed by atoms with Gasteiger partial charge in [-0.25, -0.2) is 4.98 Å². The molecule has 150 valence electrons. The summed E-state index contributed by atoms with van der Waals surface area (Å²) >= 11 is 0. The van der Waals surface area contributed by atoms with Crippen molar-refractivity contribution in [2.24, 2.45) is 5.92 Å². The molecule has 6 nitrogen and oxygen atoms in total. The zero-order valence-corrected chi connectivity index (χ0v) is 16.9. The van der Waals surface area contributed by atoms with Gasteiger partial charge in [0.15, 0.2) is 5.69 Å². The van der Waals surface area contributed by atoms with Crippen molar-refractivity contribution in [1.29, 1.82) is 0 Å². The van der Waals surface area contributed by atoms with Crippen molar-refractivity contribution in [3.8, 4) is 0 Å². The van der Waals surface area contributed by atoms with E-state index < -0.39 is 0 Å². The van der Waals surface area contributed by atoms with Crippen LogP contribution in [0.2, 0.25) is 0 Å². The summed E-state index contributed by atoms with van der Waals surface area (Å²) in [5, 5.41) is 2.92. The zero-order valence-electron chi connectivity index (χ0n) is 16.9. The Morgan fingerprint density at radius 2 is 1.86 bits per heavy atom. The molecule has 1 aliphatic heterocycles. The van der Waals surface area contributed by atoms with Crippen molar-refractivity contribution >= 4 is 17.3 Å². The number of pyridine rings is 1. The number of aromatic nitrogens is 2. The van der Waals surface area contributed by atoms with Crippen molar-refractivity contribution in [2.75, 3.05) is 13.1 Å². The highest BCUT2D eigenvalue weighted by Gasteiger charge is 2.27. The van der Waals surface area contributed by atoms with E-state index in [1.165, 1.54) is 11.1 Å². The van der Waals surface area contributed by atoms with E-state index in [2.05, 4.69) is 36.3 Å². The molecule has 1 N–H and O–H groups in total. The monoisotopic (exact) mass is 390 g/mol. The second-order valence-electron chi connectivity index (χ2n) is 7.92. The molecule has 0 aliphatic carbocycles. The molecule has 0 spiro atoms. The number of carbonyl (C=O) groups excluding carboxylic acids is 2. The maximum Gasteiger partial charge on any atom is 0.287 e. The van der Waals surface area contributed by atoms with E-state index in [9.17, 15) is 9.59 Å². The molecule has 0 fully saturated rings. The molecule has 0 bridgehead atoms. The molecule has 2 aromatic heterocycles. The van der Waals surface area contributed by atoms with Crippen molar-refractivity contribution in [3.63, 3.8) is 0 Å². The van der Waals surface area contributed by atoms with Gasteiger partial charge in [-0.15, -0.1) is 0 Å². The van der Waals surface area contributed by atoms with Gasteiger partial charge in [-0.05, 0) is 42.0 Å². The van der Waals surface area contributed by atoms with Crippen molar-refractivity contribution < 1.29 is 9.59 Å². The van der Waals surface area contributed by atoms with Gasteiger partial charge in [-0.3, -0.25) is 14.0 Å². The van der Waals surface area contributed by atoms with Crippen LogP contribution >= 0.6 is 0 Å². The summed E-state index contributed by atoms with van der Waals surface area (Å²) in [6.07, 6.45) is 3.51. The lowest BCUT2D eigenvalue weighted by molar-refractivity contribution is 0.0731. The minimum atomic E-state index is -0.255. The molecule has 0 saturated heterocycles. The van der Waals surface area contributed by atoms with Crippen LogP contribution in [-0.2, 0) is 13.0 Å². The lowest BCUT2D eigenvalue weighted by Gasteiger charge is -2.28. The Morgan fingerprint density at radius 1 is 1.10 bits per heavy atom. The number of carbonyl (C=O) groups is 2. The minimum absolute atomic E-state index is 0.135. The Kier molecular flexibility index (Phi) is 5.34. The highest BCUT2D eigenvalue weighted by molar-refractivity contribution is 6.02. The van der Waals surface area contributed by atoms with Crippen LogP contribution < -0.4 is 5.32 Å². The lowest BCUT2D eigenvalue weighted by atomic mass is 10.00. The molecule has 6 heteroatoms. The maximum absolute atomic E-state index is 13.3. The number of imidazole rings is 1. The summed E-state index contributed by atoms with van der Waals surface area (Å²) in [5.74, 6) is 0.371. The Morgan fingerprint density at radius 3 is 2.66 bits per heavy atom. The van der Waals surface area contributed by atoms with Crippen LogP contribution in [0.4, 0.5) is 0 Å². The number of nitrogens with one attached hydrogen (secondary N) is 1. The van der Waals surface area contributed by atoms with Gasteiger partial charge in [0.2, 0.25) is 5.82 Å². The molecular formula is C23H26N4O2. The normalized spacial score (nSPS) is 13.6. The van der Waals surface area contributed by atoms with Gasteiger partial charge < -0.3 is 10.2 Å². The number of nitrogens with zero attached hydrogens (tertiary/aromatic N) is 3. The molecule has 0 saturated carbocycles. The summed E-state index contributed by atoms with van der Waals surface area (Å²) < 4.78 is 1.70. The molecule has 0 atom stereocenters. The summed E-state index contributed by atoms with van der Waals surface area (Å²) in [4.78, 5) is 32.3. The molecule has 0 radical (unpaired) electrons. The fraction of sp³-hybridized carbons (Fsp3) is 0.348. The number of benzene rings is 1. The van der Waals surface area contributed by atoms with Gasteiger partial charge in [-0.1, -0.05) is 44.2 Å². The summed E-state index contributed by atoms with van der Waals surface area (Å²) in [6, 6.07) is 13.7. The van der Waals surface area contributed by atoms with Gasteiger partial charge in [-0.2, -0.15) is 0 Å². The van der Waals surface area contributed by atoms with E-state index in [-0.39, 0.29) is 17.6 Å². The third kappa shape index (κ3) is 3.88. The van der Waals surface area contributed by atoms with Gasteiger partial charge in [0.1, 0.15) is 0 Å². The molecule has 29 heavy (non-hydrogen) atoms. The quantitative estimate of drug-likeness (QED) is 0.727. The number of hydrogen-bond acceptors (Lipinski definition) is 3. The minimum Gasteiger partial charge on any atom is -0.349 e. The van der Waals surface area contributed by atoms with Crippen LogP contribution in [0.5, 0.6) is 0 Å². The Balaban J connectivity index is 1.61. The average molecular weight is 390 g/mol. The van der Waals surface area contributed by atoms with E-state index in [0.29, 0.717) is 36.8 Å². The van der Waals surface area contributed by atoms with E-state index >= 15 is 0 Å². The second kappa shape index (κ2) is 8.07. The fourth-order valence-electron chi connectivity index (χ4n) is 3.73. The van der Waals surface area contributed by atoms with Crippen molar-refractivity contribution in [1.82, 2.24) is 19.6 Å². The topological polar surface area (TPSA) is 66.7 Å². The van der Waals surface area contributed by atoms with E-state index in [1.54, 1.807) is 10.6 Å². The van der Waals surface area contributed by atoms with E-state index in [0.717, 1.165) is 12.8 Å². The number of hydrogen-bond donors (Lipinski definition) is 1. The largest absolute Gasteiger partial charge is 0.349 e. The van der Waals surface area contributed by atoms with Gasteiger partial charge >= 0.3 is 0 Å². The first-order valence-electron chi connectivity index (χ1n) is 10.2. The van der Waals surface area contributed by atoms with Crippen LogP contribution in [0.25, 0.3) is 5.52 Å². The Labute approximate surface area is 170 Å². The second-order valence-corrected chi connectivity index (χ2v) is 7.92. The molecule has 3 heterocycles. The van der Waals surface area contributed by atoms with E-state index in [1.807, 2.05) is 35.2 Å².